The van der Waals surface area contributed by atoms with E-state index in [1.165, 1.54) is 11.8 Å². The van der Waals surface area contributed by atoms with Crippen LogP contribution in [-0.4, -0.2) is 45.7 Å². The van der Waals surface area contributed by atoms with Gasteiger partial charge in [-0.15, -0.1) is 0 Å². The zero-order valence-electron chi connectivity index (χ0n) is 13.8. The van der Waals surface area contributed by atoms with Crippen LogP contribution < -0.4 is 10.1 Å². The molecule has 0 bridgehead atoms. The first-order chi connectivity index (χ1) is 10.3. The lowest BCUT2D eigenvalue weighted by molar-refractivity contribution is 0.394. The Morgan fingerprint density at radius 3 is 2.77 bits per heavy atom. The number of rotatable bonds is 6. The minimum absolute atomic E-state index is 0.169. The molecule has 5 nitrogen and oxygen atoms in total. The molecule has 1 aromatic carbocycles. The summed E-state index contributed by atoms with van der Waals surface area (Å²) in [6.45, 7) is 6.23. The second kappa shape index (κ2) is 6.98. The standard InChI is InChI=1S/C16H26N2O3S/c1-12-5-6-16(21-3)15(9-12)13(2)17-10-14-7-8-18(11-14)22(4,19)20/h5-6,9,13-14,17H,7-8,10-11H2,1-4H3. The molecule has 1 aliphatic rings. The first-order valence-electron chi connectivity index (χ1n) is 7.64. The fourth-order valence-electron chi connectivity index (χ4n) is 2.91. The maximum Gasteiger partial charge on any atom is 0.211 e. The first-order valence-corrected chi connectivity index (χ1v) is 9.49. The summed E-state index contributed by atoms with van der Waals surface area (Å²) in [4.78, 5) is 0. The van der Waals surface area contributed by atoms with Crippen LogP contribution in [0.15, 0.2) is 18.2 Å². The molecule has 1 saturated heterocycles. The molecule has 2 atom stereocenters. The molecule has 2 unspecified atom stereocenters. The molecule has 1 aliphatic heterocycles. The molecule has 124 valence electrons. The number of ether oxygens (including phenoxy) is 1. The predicted octanol–water partition coefficient (Wildman–Crippen LogP) is 1.94. The average molecular weight is 326 g/mol. The van der Waals surface area contributed by atoms with Crippen LogP contribution in [0, 0.1) is 12.8 Å². The van der Waals surface area contributed by atoms with Gasteiger partial charge >= 0.3 is 0 Å². The molecule has 0 spiro atoms. The first kappa shape index (κ1) is 17.2. The number of aryl methyl sites for hydroxylation is 1. The predicted molar refractivity (Wildman–Crippen MR) is 88.7 cm³/mol. The van der Waals surface area contributed by atoms with Gasteiger partial charge in [-0.25, -0.2) is 12.7 Å². The highest BCUT2D eigenvalue weighted by molar-refractivity contribution is 7.88. The summed E-state index contributed by atoms with van der Waals surface area (Å²) < 4.78 is 30.1. The normalized spacial score (nSPS) is 21.0. The van der Waals surface area contributed by atoms with Gasteiger partial charge in [0, 0.05) is 24.7 Å². The summed E-state index contributed by atoms with van der Waals surface area (Å²) in [6, 6.07) is 6.33. The van der Waals surface area contributed by atoms with Gasteiger partial charge in [0.2, 0.25) is 10.0 Å². The molecular weight excluding hydrogens is 300 g/mol. The summed E-state index contributed by atoms with van der Waals surface area (Å²) in [5.74, 6) is 1.25. The van der Waals surface area contributed by atoms with E-state index in [0.717, 1.165) is 24.3 Å². The SMILES string of the molecule is COc1ccc(C)cc1C(C)NCC1CCN(S(C)(=O)=O)C1. The molecule has 0 aromatic heterocycles. The Morgan fingerprint density at radius 2 is 2.18 bits per heavy atom. The lowest BCUT2D eigenvalue weighted by Gasteiger charge is -2.20. The second-order valence-electron chi connectivity index (χ2n) is 6.15. The van der Waals surface area contributed by atoms with E-state index in [1.807, 2.05) is 12.1 Å². The van der Waals surface area contributed by atoms with Crippen LogP contribution in [0.2, 0.25) is 0 Å². The lowest BCUT2D eigenvalue weighted by atomic mass is 10.0. The van der Waals surface area contributed by atoms with E-state index in [4.69, 9.17) is 4.74 Å². The minimum atomic E-state index is -3.06. The van der Waals surface area contributed by atoms with Crippen molar-refractivity contribution in [2.45, 2.75) is 26.3 Å². The third-order valence-corrected chi connectivity index (χ3v) is 5.55. The summed E-state index contributed by atoms with van der Waals surface area (Å²) >= 11 is 0. The van der Waals surface area contributed by atoms with Crippen LogP contribution in [0.4, 0.5) is 0 Å². The number of nitrogens with zero attached hydrogens (tertiary/aromatic N) is 1. The van der Waals surface area contributed by atoms with E-state index < -0.39 is 10.0 Å². The van der Waals surface area contributed by atoms with Gasteiger partial charge in [0.25, 0.3) is 0 Å². The van der Waals surface area contributed by atoms with Gasteiger partial charge < -0.3 is 10.1 Å². The van der Waals surface area contributed by atoms with Crippen molar-refractivity contribution in [1.29, 1.82) is 0 Å². The Hall–Kier alpha value is -1.11. The summed E-state index contributed by atoms with van der Waals surface area (Å²) in [7, 11) is -1.37. The number of methoxy groups -OCH3 is 1. The molecule has 0 amide bonds. The minimum Gasteiger partial charge on any atom is -0.496 e. The third kappa shape index (κ3) is 4.21. The van der Waals surface area contributed by atoms with Gasteiger partial charge in [-0.2, -0.15) is 0 Å². The van der Waals surface area contributed by atoms with Crippen LogP contribution in [0.5, 0.6) is 5.75 Å². The van der Waals surface area contributed by atoms with Crippen LogP contribution in [0.1, 0.15) is 30.5 Å². The molecule has 1 heterocycles. The van der Waals surface area contributed by atoms with Crippen LogP contribution in [0.3, 0.4) is 0 Å². The fourth-order valence-corrected chi connectivity index (χ4v) is 3.83. The lowest BCUT2D eigenvalue weighted by Crippen LogP contribution is -2.31. The molecular formula is C16H26N2O3S. The van der Waals surface area contributed by atoms with Crippen molar-refractivity contribution in [1.82, 2.24) is 9.62 Å². The Labute approximate surface area is 133 Å². The Bertz CT molecular complexity index is 616. The Morgan fingerprint density at radius 1 is 1.45 bits per heavy atom. The zero-order chi connectivity index (χ0) is 16.3. The number of hydrogen-bond donors (Lipinski definition) is 1. The van der Waals surface area contributed by atoms with E-state index in [1.54, 1.807) is 11.4 Å². The van der Waals surface area contributed by atoms with Gasteiger partial charge in [0.1, 0.15) is 5.75 Å². The largest absolute Gasteiger partial charge is 0.496 e. The monoisotopic (exact) mass is 326 g/mol. The molecule has 0 saturated carbocycles. The summed E-state index contributed by atoms with van der Waals surface area (Å²) in [6.07, 6.45) is 2.20. The van der Waals surface area contributed by atoms with Crippen LogP contribution >= 0.6 is 0 Å². The molecule has 0 radical (unpaired) electrons. The van der Waals surface area contributed by atoms with Crippen molar-refractivity contribution in [2.24, 2.45) is 5.92 Å². The van der Waals surface area contributed by atoms with Crippen molar-refractivity contribution >= 4 is 10.0 Å². The molecule has 1 fully saturated rings. The topological polar surface area (TPSA) is 58.6 Å². The van der Waals surface area contributed by atoms with E-state index in [-0.39, 0.29) is 6.04 Å². The van der Waals surface area contributed by atoms with E-state index in [9.17, 15) is 8.42 Å². The highest BCUT2D eigenvalue weighted by atomic mass is 32.2. The Balaban J connectivity index is 1.94. The van der Waals surface area contributed by atoms with E-state index in [0.29, 0.717) is 19.0 Å². The van der Waals surface area contributed by atoms with Crippen LogP contribution in [0.25, 0.3) is 0 Å². The highest BCUT2D eigenvalue weighted by Gasteiger charge is 2.28. The van der Waals surface area contributed by atoms with Gasteiger partial charge in [-0.3, -0.25) is 0 Å². The second-order valence-corrected chi connectivity index (χ2v) is 8.13. The van der Waals surface area contributed by atoms with Gasteiger partial charge in [0.15, 0.2) is 0 Å². The highest BCUT2D eigenvalue weighted by Crippen LogP contribution is 2.27. The third-order valence-electron chi connectivity index (χ3n) is 4.28. The number of sulfonamides is 1. The molecule has 2 rings (SSSR count). The number of nitrogens with one attached hydrogen (secondary N) is 1. The van der Waals surface area contributed by atoms with Gasteiger partial charge in [-0.1, -0.05) is 17.7 Å². The maximum atomic E-state index is 11.5. The molecule has 1 N–H and O–H groups in total. The van der Waals surface area contributed by atoms with E-state index >= 15 is 0 Å². The van der Waals surface area contributed by atoms with E-state index in [2.05, 4.69) is 25.2 Å². The van der Waals surface area contributed by atoms with Crippen molar-refractivity contribution in [3.8, 4) is 5.75 Å². The fraction of sp³-hybridized carbons (Fsp3) is 0.625. The smallest absolute Gasteiger partial charge is 0.211 e. The van der Waals surface area contributed by atoms with Crippen molar-refractivity contribution in [3.63, 3.8) is 0 Å². The zero-order valence-corrected chi connectivity index (χ0v) is 14.6. The van der Waals surface area contributed by atoms with Gasteiger partial charge in [-0.05, 0) is 38.8 Å². The van der Waals surface area contributed by atoms with Crippen molar-refractivity contribution in [3.05, 3.63) is 29.3 Å². The number of benzene rings is 1. The molecule has 0 aliphatic carbocycles. The van der Waals surface area contributed by atoms with Gasteiger partial charge in [0.05, 0.1) is 13.4 Å². The quantitative estimate of drug-likeness (QED) is 0.868. The average Bonchev–Trinajstić information content (AvgIpc) is 2.93. The maximum absolute atomic E-state index is 11.5. The van der Waals surface area contributed by atoms with Crippen molar-refractivity contribution < 1.29 is 13.2 Å². The van der Waals surface area contributed by atoms with Crippen molar-refractivity contribution in [2.75, 3.05) is 33.0 Å². The number of hydrogen-bond acceptors (Lipinski definition) is 4. The Kier molecular flexibility index (Phi) is 5.47. The van der Waals surface area contributed by atoms with Crippen LogP contribution in [-0.2, 0) is 10.0 Å². The molecule has 22 heavy (non-hydrogen) atoms. The summed E-state index contributed by atoms with van der Waals surface area (Å²) in [5, 5.41) is 3.51. The summed E-state index contributed by atoms with van der Waals surface area (Å²) in [5.41, 5.74) is 2.34. The molecule has 1 aromatic rings. The molecule has 6 heteroatoms.